The number of carbonyl (C=O) groups excluding carboxylic acids is 2. The Bertz CT molecular complexity index is 688. The molecule has 1 saturated heterocycles. The van der Waals surface area contributed by atoms with E-state index >= 15 is 0 Å². The Hall–Kier alpha value is -2.09. The van der Waals surface area contributed by atoms with Crippen LogP contribution in [0.3, 0.4) is 0 Å². The molecular weight excluding hydrogens is 330 g/mol. The van der Waals surface area contributed by atoms with Crippen LogP contribution in [-0.4, -0.2) is 62.0 Å². The average Bonchev–Trinajstić information content (AvgIpc) is 2.54. The van der Waals surface area contributed by atoms with Gasteiger partial charge in [0.1, 0.15) is 0 Å². The van der Waals surface area contributed by atoms with Gasteiger partial charge < -0.3 is 9.80 Å². The first-order chi connectivity index (χ1) is 11.4. The molecule has 8 heteroatoms. The number of anilines is 1. The molecule has 1 atom stereocenters. The zero-order chi connectivity index (χ0) is 17.7. The zero-order valence-electron chi connectivity index (χ0n) is 13.9. The maximum Gasteiger partial charge on any atom is 0.254 e. The van der Waals surface area contributed by atoms with E-state index in [2.05, 4.69) is 4.72 Å². The molecule has 132 valence electrons. The molecule has 1 N–H and O–H groups in total. The fourth-order valence-electron chi connectivity index (χ4n) is 2.73. The highest BCUT2D eigenvalue weighted by Gasteiger charge is 2.27. The molecule has 1 fully saturated rings. The summed E-state index contributed by atoms with van der Waals surface area (Å²) in [6.45, 7) is 5.23. The minimum Gasteiger partial charge on any atom is -0.341 e. The molecule has 1 aliphatic rings. The van der Waals surface area contributed by atoms with Crippen molar-refractivity contribution in [2.75, 3.05) is 30.1 Å². The van der Waals surface area contributed by atoms with Crippen molar-refractivity contribution < 1.29 is 18.0 Å². The zero-order valence-corrected chi connectivity index (χ0v) is 14.8. The molecule has 0 spiro atoms. The van der Waals surface area contributed by atoms with Gasteiger partial charge in [-0.25, -0.2) is 8.42 Å². The Labute approximate surface area is 142 Å². The summed E-state index contributed by atoms with van der Waals surface area (Å²) in [4.78, 5) is 26.8. The molecule has 1 unspecified atom stereocenters. The van der Waals surface area contributed by atoms with E-state index in [0.717, 1.165) is 6.41 Å². The smallest absolute Gasteiger partial charge is 0.254 e. The Kier molecular flexibility index (Phi) is 5.82. The average molecular weight is 353 g/mol. The molecule has 0 aromatic heterocycles. The summed E-state index contributed by atoms with van der Waals surface area (Å²) < 4.78 is 26.0. The van der Waals surface area contributed by atoms with Crippen LogP contribution in [0.2, 0.25) is 0 Å². The summed E-state index contributed by atoms with van der Waals surface area (Å²) in [5.41, 5.74) is 0.943. The number of rotatable bonds is 6. The third kappa shape index (κ3) is 4.47. The minimum atomic E-state index is -3.34. The van der Waals surface area contributed by atoms with Crippen molar-refractivity contribution in [3.05, 3.63) is 29.8 Å². The second kappa shape index (κ2) is 7.65. The van der Waals surface area contributed by atoms with E-state index in [-0.39, 0.29) is 17.7 Å². The number of carbonyl (C=O) groups is 2. The molecular formula is C16H23N3O4S. The first-order valence-corrected chi connectivity index (χ1v) is 9.62. The lowest BCUT2D eigenvalue weighted by Gasteiger charge is -2.38. The summed E-state index contributed by atoms with van der Waals surface area (Å²) in [7, 11) is -3.34. The molecule has 0 aliphatic carbocycles. The van der Waals surface area contributed by atoms with Gasteiger partial charge in [-0.15, -0.1) is 0 Å². The van der Waals surface area contributed by atoms with Crippen LogP contribution in [0.4, 0.5) is 5.69 Å². The predicted octanol–water partition coefficient (Wildman–Crippen LogP) is 1.14. The van der Waals surface area contributed by atoms with Crippen molar-refractivity contribution in [3.63, 3.8) is 0 Å². The van der Waals surface area contributed by atoms with Gasteiger partial charge in [-0.3, -0.25) is 14.3 Å². The topological polar surface area (TPSA) is 86.8 Å². The van der Waals surface area contributed by atoms with Crippen molar-refractivity contribution in [2.24, 2.45) is 0 Å². The van der Waals surface area contributed by atoms with Crippen LogP contribution < -0.4 is 4.72 Å². The predicted molar refractivity (Wildman–Crippen MR) is 92.3 cm³/mol. The first-order valence-electron chi connectivity index (χ1n) is 7.97. The van der Waals surface area contributed by atoms with E-state index in [9.17, 15) is 18.0 Å². The molecule has 1 aromatic carbocycles. The SMILES string of the molecule is CCCS(=O)(=O)Nc1ccc(C(=O)N2CCN(C=O)CC2C)cc1. The number of hydrogen-bond donors (Lipinski definition) is 1. The second-order valence-electron chi connectivity index (χ2n) is 5.95. The molecule has 24 heavy (non-hydrogen) atoms. The van der Waals surface area contributed by atoms with Crippen molar-refractivity contribution in [3.8, 4) is 0 Å². The summed E-state index contributed by atoms with van der Waals surface area (Å²) in [5, 5.41) is 0. The molecule has 1 heterocycles. The van der Waals surface area contributed by atoms with E-state index in [4.69, 9.17) is 0 Å². The van der Waals surface area contributed by atoms with Crippen molar-refractivity contribution >= 4 is 28.0 Å². The van der Waals surface area contributed by atoms with Gasteiger partial charge >= 0.3 is 0 Å². The maximum atomic E-state index is 12.6. The van der Waals surface area contributed by atoms with Gasteiger partial charge in [0.25, 0.3) is 5.91 Å². The van der Waals surface area contributed by atoms with Crippen molar-refractivity contribution in [1.29, 1.82) is 0 Å². The number of piperazine rings is 1. The number of nitrogens with one attached hydrogen (secondary N) is 1. The molecule has 2 amide bonds. The van der Waals surface area contributed by atoms with Crippen molar-refractivity contribution in [2.45, 2.75) is 26.3 Å². The van der Waals surface area contributed by atoms with Gasteiger partial charge in [0.05, 0.1) is 5.75 Å². The lowest BCUT2D eigenvalue weighted by molar-refractivity contribution is -0.120. The van der Waals surface area contributed by atoms with Crippen LogP contribution in [0.5, 0.6) is 0 Å². The molecule has 0 bridgehead atoms. The Morgan fingerprint density at radius 1 is 1.29 bits per heavy atom. The normalized spacial score (nSPS) is 18.3. The highest BCUT2D eigenvalue weighted by atomic mass is 32.2. The summed E-state index contributed by atoms with van der Waals surface area (Å²) in [6, 6.07) is 6.36. The van der Waals surface area contributed by atoms with Crippen LogP contribution in [0.25, 0.3) is 0 Å². The van der Waals surface area contributed by atoms with E-state index < -0.39 is 10.0 Å². The monoisotopic (exact) mass is 353 g/mol. The molecule has 7 nitrogen and oxygen atoms in total. The Morgan fingerprint density at radius 3 is 2.50 bits per heavy atom. The molecule has 0 saturated carbocycles. The van der Waals surface area contributed by atoms with Gasteiger partial charge in [0.2, 0.25) is 16.4 Å². The highest BCUT2D eigenvalue weighted by molar-refractivity contribution is 7.92. The number of benzene rings is 1. The van der Waals surface area contributed by atoms with Gasteiger partial charge in [-0.1, -0.05) is 6.92 Å². The second-order valence-corrected chi connectivity index (χ2v) is 7.79. The van der Waals surface area contributed by atoms with Crippen LogP contribution in [0.1, 0.15) is 30.6 Å². The minimum absolute atomic E-state index is 0.0563. The Morgan fingerprint density at radius 2 is 1.96 bits per heavy atom. The van der Waals surface area contributed by atoms with E-state index in [1.54, 1.807) is 41.0 Å². The summed E-state index contributed by atoms with van der Waals surface area (Å²) in [5.74, 6) is -0.0531. The van der Waals surface area contributed by atoms with Crippen molar-refractivity contribution in [1.82, 2.24) is 9.80 Å². The molecule has 1 aliphatic heterocycles. The van der Waals surface area contributed by atoms with Crippen LogP contribution >= 0.6 is 0 Å². The highest BCUT2D eigenvalue weighted by Crippen LogP contribution is 2.16. The van der Waals surface area contributed by atoms with Gasteiger partial charge in [0, 0.05) is 36.9 Å². The summed E-state index contributed by atoms with van der Waals surface area (Å²) >= 11 is 0. The van der Waals surface area contributed by atoms with Crippen LogP contribution in [-0.2, 0) is 14.8 Å². The van der Waals surface area contributed by atoms with Crippen LogP contribution in [0.15, 0.2) is 24.3 Å². The van der Waals surface area contributed by atoms with Crippen LogP contribution in [0, 0.1) is 0 Å². The number of hydrogen-bond acceptors (Lipinski definition) is 4. The van der Waals surface area contributed by atoms with E-state index in [1.165, 1.54) is 0 Å². The fourth-order valence-corrected chi connectivity index (χ4v) is 3.86. The molecule has 1 aromatic rings. The quantitative estimate of drug-likeness (QED) is 0.777. The first kappa shape index (κ1) is 18.3. The van der Waals surface area contributed by atoms with E-state index in [1.807, 2.05) is 6.92 Å². The maximum absolute atomic E-state index is 12.6. The number of amides is 2. The lowest BCUT2D eigenvalue weighted by atomic mass is 10.1. The van der Waals surface area contributed by atoms with Gasteiger partial charge in [0.15, 0.2) is 0 Å². The number of sulfonamides is 1. The van der Waals surface area contributed by atoms with Gasteiger partial charge in [-0.2, -0.15) is 0 Å². The standard InChI is InChI=1S/C16H23N3O4S/c1-3-10-24(22,23)17-15-6-4-14(5-7-15)16(21)19-9-8-18(12-20)11-13(19)2/h4-7,12-13,17H,3,8-11H2,1-2H3. The third-order valence-corrected chi connectivity index (χ3v) is 5.44. The largest absolute Gasteiger partial charge is 0.341 e. The van der Waals surface area contributed by atoms with E-state index in [0.29, 0.717) is 37.3 Å². The third-order valence-electron chi connectivity index (χ3n) is 3.95. The molecule has 2 rings (SSSR count). The van der Waals surface area contributed by atoms with Gasteiger partial charge in [-0.05, 0) is 37.6 Å². The lowest BCUT2D eigenvalue weighted by Crippen LogP contribution is -2.53. The molecule has 0 radical (unpaired) electrons. The summed E-state index contributed by atoms with van der Waals surface area (Å²) in [6.07, 6.45) is 1.34. The Balaban J connectivity index is 2.05. The fraction of sp³-hybridized carbons (Fsp3) is 0.500. The number of nitrogens with zero attached hydrogens (tertiary/aromatic N) is 2.